The number of hydrogen-bond acceptors (Lipinski definition) is 5. The van der Waals surface area contributed by atoms with Crippen LogP contribution in [0.1, 0.15) is 37.7 Å². The largest absolute Gasteiger partial charge is 0.399 e. The molecule has 0 atom stereocenters. The summed E-state index contributed by atoms with van der Waals surface area (Å²) in [5.41, 5.74) is 7.48. The Kier molecular flexibility index (Phi) is 4.92. The maximum Gasteiger partial charge on any atom is 0.333 e. The summed E-state index contributed by atoms with van der Waals surface area (Å²) in [5, 5.41) is 0.586. The molecule has 1 aliphatic rings. The van der Waals surface area contributed by atoms with Crippen molar-refractivity contribution in [3.05, 3.63) is 29.8 Å². The van der Waals surface area contributed by atoms with Crippen LogP contribution in [0.15, 0.2) is 24.3 Å². The molecule has 0 bridgehead atoms. The number of nitrogens with zero attached hydrogens (tertiary/aromatic N) is 1. The van der Waals surface area contributed by atoms with Gasteiger partial charge in [0.05, 0.1) is 0 Å². The van der Waals surface area contributed by atoms with Gasteiger partial charge in [0.15, 0.2) is 0 Å². The Bertz CT molecular complexity index is 523. The number of carbonyl (C=O) groups is 3. The van der Waals surface area contributed by atoms with E-state index in [2.05, 4.69) is 0 Å². The van der Waals surface area contributed by atoms with E-state index in [1.165, 1.54) is 0 Å². The maximum atomic E-state index is 11.6. The van der Waals surface area contributed by atoms with Crippen molar-refractivity contribution in [2.45, 2.75) is 38.5 Å². The van der Waals surface area contributed by atoms with Crippen LogP contribution in [0.5, 0.6) is 0 Å². The molecule has 1 saturated heterocycles. The summed E-state index contributed by atoms with van der Waals surface area (Å²) in [6, 6.07) is 7.59. The standard InChI is InChI=1S/C15H18N2O4/c16-12-7-5-11(6-8-12)3-1-2-4-15(20)21-17-13(18)9-10-14(17)19/h5-8H,1-4,9-10,16H2. The first-order valence-electron chi connectivity index (χ1n) is 6.97. The maximum absolute atomic E-state index is 11.6. The van der Waals surface area contributed by atoms with Crippen LogP contribution in [0.2, 0.25) is 0 Å². The Morgan fingerprint density at radius 2 is 1.71 bits per heavy atom. The molecule has 0 unspecified atom stereocenters. The molecule has 0 spiro atoms. The number of amides is 2. The third-order valence-corrected chi connectivity index (χ3v) is 3.27. The topological polar surface area (TPSA) is 89.7 Å². The highest BCUT2D eigenvalue weighted by Crippen LogP contribution is 2.14. The Balaban J connectivity index is 1.66. The van der Waals surface area contributed by atoms with Crippen LogP contribution < -0.4 is 5.73 Å². The van der Waals surface area contributed by atoms with Crippen molar-refractivity contribution in [2.75, 3.05) is 5.73 Å². The van der Waals surface area contributed by atoms with Crippen molar-refractivity contribution < 1.29 is 19.2 Å². The van der Waals surface area contributed by atoms with Gasteiger partial charge in [0, 0.05) is 24.9 Å². The summed E-state index contributed by atoms with van der Waals surface area (Å²) in [4.78, 5) is 38.9. The second-order valence-corrected chi connectivity index (χ2v) is 4.99. The third-order valence-electron chi connectivity index (χ3n) is 3.27. The number of rotatable bonds is 6. The van der Waals surface area contributed by atoms with Crippen molar-refractivity contribution in [1.29, 1.82) is 0 Å². The van der Waals surface area contributed by atoms with Gasteiger partial charge in [-0.05, 0) is 37.0 Å². The van der Waals surface area contributed by atoms with E-state index in [9.17, 15) is 14.4 Å². The highest BCUT2D eigenvalue weighted by molar-refractivity contribution is 6.01. The van der Waals surface area contributed by atoms with E-state index in [1.807, 2.05) is 24.3 Å². The summed E-state index contributed by atoms with van der Waals surface area (Å²) in [7, 11) is 0. The van der Waals surface area contributed by atoms with E-state index in [0.717, 1.165) is 24.1 Å². The van der Waals surface area contributed by atoms with Crippen molar-refractivity contribution in [2.24, 2.45) is 0 Å². The first kappa shape index (κ1) is 15.0. The molecule has 1 aromatic carbocycles. The zero-order valence-electron chi connectivity index (χ0n) is 11.7. The molecule has 1 heterocycles. The average Bonchev–Trinajstić information content (AvgIpc) is 2.77. The summed E-state index contributed by atoms with van der Waals surface area (Å²) in [6.45, 7) is 0. The van der Waals surface area contributed by atoms with Gasteiger partial charge < -0.3 is 10.6 Å². The van der Waals surface area contributed by atoms with Crippen LogP contribution in [0.4, 0.5) is 5.69 Å². The fraction of sp³-hybridized carbons (Fsp3) is 0.400. The highest BCUT2D eigenvalue weighted by Gasteiger charge is 2.32. The molecule has 2 amide bonds. The normalized spacial score (nSPS) is 14.6. The lowest BCUT2D eigenvalue weighted by Crippen LogP contribution is -2.31. The second kappa shape index (κ2) is 6.88. The summed E-state index contributed by atoms with van der Waals surface area (Å²) >= 11 is 0. The van der Waals surface area contributed by atoms with Gasteiger partial charge in [-0.15, -0.1) is 5.06 Å². The molecule has 6 heteroatoms. The number of nitrogen functional groups attached to an aromatic ring is 1. The molecule has 21 heavy (non-hydrogen) atoms. The Hall–Kier alpha value is -2.37. The zero-order valence-corrected chi connectivity index (χ0v) is 11.7. The van der Waals surface area contributed by atoms with Gasteiger partial charge in [-0.25, -0.2) is 4.79 Å². The number of hydroxylamine groups is 2. The van der Waals surface area contributed by atoms with Gasteiger partial charge in [0.1, 0.15) is 0 Å². The molecule has 1 aromatic rings. The van der Waals surface area contributed by atoms with Crippen LogP contribution in [0, 0.1) is 0 Å². The molecule has 0 radical (unpaired) electrons. The Morgan fingerprint density at radius 1 is 1.10 bits per heavy atom. The van der Waals surface area contributed by atoms with Crippen molar-refractivity contribution in [3.63, 3.8) is 0 Å². The second-order valence-electron chi connectivity index (χ2n) is 4.99. The Labute approximate surface area is 122 Å². The molecule has 1 aliphatic heterocycles. The van der Waals surface area contributed by atoms with E-state index < -0.39 is 17.8 Å². The van der Waals surface area contributed by atoms with E-state index in [0.29, 0.717) is 11.5 Å². The quantitative estimate of drug-likeness (QED) is 0.488. The minimum atomic E-state index is -0.545. The van der Waals surface area contributed by atoms with Crippen LogP contribution in [0.3, 0.4) is 0 Å². The number of hydrogen-bond donors (Lipinski definition) is 1. The fourth-order valence-electron chi connectivity index (χ4n) is 2.09. The molecule has 0 saturated carbocycles. The molecular weight excluding hydrogens is 272 g/mol. The summed E-state index contributed by atoms with van der Waals surface area (Å²) in [6.07, 6.45) is 2.72. The fourth-order valence-corrected chi connectivity index (χ4v) is 2.09. The number of carbonyl (C=O) groups excluding carboxylic acids is 3. The van der Waals surface area contributed by atoms with Gasteiger partial charge in [0.2, 0.25) is 0 Å². The Morgan fingerprint density at radius 3 is 2.33 bits per heavy atom. The number of anilines is 1. The predicted octanol–water partition coefficient (Wildman–Crippen LogP) is 1.59. The van der Waals surface area contributed by atoms with Gasteiger partial charge in [-0.2, -0.15) is 0 Å². The number of nitrogens with two attached hydrogens (primary N) is 1. The smallest absolute Gasteiger partial charge is 0.333 e. The molecule has 0 aliphatic carbocycles. The summed E-state index contributed by atoms with van der Waals surface area (Å²) < 4.78 is 0. The minimum absolute atomic E-state index is 0.114. The third kappa shape index (κ3) is 4.30. The van der Waals surface area contributed by atoms with Crippen LogP contribution in [-0.2, 0) is 25.6 Å². The monoisotopic (exact) mass is 290 g/mol. The molecule has 1 fully saturated rings. The van der Waals surface area contributed by atoms with E-state index >= 15 is 0 Å². The van der Waals surface area contributed by atoms with Gasteiger partial charge in [-0.1, -0.05) is 12.1 Å². The average molecular weight is 290 g/mol. The van der Waals surface area contributed by atoms with E-state index in [4.69, 9.17) is 10.6 Å². The molecule has 2 rings (SSSR count). The van der Waals surface area contributed by atoms with Crippen molar-refractivity contribution in [3.8, 4) is 0 Å². The van der Waals surface area contributed by atoms with Gasteiger partial charge in [-0.3, -0.25) is 9.59 Å². The SMILES string of the molecule is Nc1ccc(CCCCC(=O)ON2C(=O)CCC2=O)cc1. The minimum Gasteiger partial charge on any atom is -0.399 e. The summed E-state index contributed by atoms with van der Waals surface area (Å²) in [5.74, 6) is -1.44. The van der Waals surface area contributed by atoms with Crippen LogP contribution in [0.25, 0.3) is 0 Å². The molecule has 0 aromatic heterocycles. The number of unbranched alkanes of at least 4 members (excludes halogenated alkanes) is 1. The van der Waals surface area contributed by atoms with Crippen molar-refractivity contribution >= 4 is 23.5 Å². The van der Waals surface area contributed by atoms with E-state index in [1.54, 1.807) is 0 Å². The molecule has 6 nitrogen and oxygen atoms in total. The van der Waals surface area contributed by atoms with E-state index in [-0.39, 0.29) is 19.3 Å². The highest BCUT2D eigenvalue weighted by atomic mass is 16.7. The molecule has 2 N–H and O–H groups in total. The number of imide groups is 1. The molecular formula is C15H18N2O4. The zero-order chi connectivity index (χ0) is 15.2. The van der Waals surface area contributed by atoms with Crippen LogP contribution >= 0.6 is 0 Å². The molecule has 112 valence electrons. The lowest BCUT2D eigenvalue weighted by molar-refractivity contribution is -0.197. The van der Waals surface area contributed by atoms with Crippen LogP contribution in [-0.4, -0.2) is 22.8 Å². The first-order chi connectivity index (χ1) is 10.1. The lowest BCUT2D eigenvalue weighted by atomic mass is 10.1. The predicted molar refractivity (Wildman–Crippen MR) is 75.6 cm³/mol. The van der Waals surface area contributed by atoms with Crippen molar-refractivity contribution in [1.82, 2.24) is 5.06 Å². The lowest BCUT2D eigenvalue weighted by Gasteiger charge is -2.12. The van der Waals surface area contributed by atoms with Gasteiger partial charge >= 0.3 is 5.97 Å². The first-order valence-corrected chi connectivity index (χ1v) is 6.97. The number of aryl methyl sites for hydroxylation is 1. The number of benzene rings is 1. The van der Waals surface area contributed by atoms with Gasteiger partial charge in [0.25, 0.3) is 11.8 Å².